The summed E-state index contributed by atoms with van der Waals surface area (Å²) in [5.74, 6) is 0. The minimum atomic E-state index is -3.56. The molecule has 0 aliphatic carbocycles. The molecule has 0 saturated heterocycles. The van der Waals surface area contributed by atoms with Crippen LogP contribution in [0.15, 0.2) is 0 Å². The van der Waals surface area contributed by atoms with Gasteiger partial charge in [0.25, 0.3) is 16.6 Å². The molecule has 0 amide bonds. The molecule has 0 atom stereocenters. The predicted molar refractivity (Wildman–Crippen MR) is 60.2 cm³/mol. The van der Waals surface area contributed by atoms with Crippen LogP contribution in [0.1, 0.15) is 0 Å². The molecule has 7 heteroatoms. The van der Waals surface area contributed by atoms with Crippen LogP contribution in [-0.2, 0) is 8.43 Å². The van der Waals surface area contributed by atoms with Crippen molar-refractivity contribution < 1.29 is 18.2 Å². The fourth-order valence-corrected chi connectivity index (χ4v) is 6.92. The Bertz CT molecular complexity index is 154. The Kier molecular flexibility index (Phi) is 4.28. The van der Waals surface area contributed by atoms with E-state index in [1.807, 2.05) is 39.3 Å². The van der Waals surface area contributed by atoms with Crippen LogP contribution in [0, 0.1) is 0 Å². The van der Waals surface area contributed by atoms with Crippen molar-refractivity contribution in [2.75, 3.05) is 0 Å². The molecule has 0 aliphatic rings. The highest BCUT2D eigenvalue weighted by molar-refractivity contribution is 7.57. The lowest BCUT2D eigenvalue weighted by atomic mass is 11.8. The summed E-state index contributed by atoms with van der Waals surface area (Å²) in [5, 5.41) is 0. The van der Waals surface area contributed by atoms with Crippen molar-refractivity contribution in [3.63, 3.8) is 0 Å². The highest BCUT2D eigenvalue weighted by Gasteiger charge is 2.48. The molecule has 0 aliphatic heterocycles. The maximum Gasteiger partial charge on any atom is 0.546 e. The van der Waals surface area contributed by atoms with E-state index < -0.39 is 24.8 Å². The van der Waals surface area contributed by atoms with Crippen LogP contribution in [0.2, 0.25) is 39.3 Å². The van der Waals surface area contributed by atoms with Gasteiger partial charge >= 0.3 is 8.17 Å². The van der Waals surface area contributed by atoms with Gasteiger partial charge in [-0.05, 0) is 39.3 Å². The summed E-state index contributed by atoms with van der Waals surface area (Å²) < 4.78 is 10.3. The molecule has 0 saturated carbocycles. The lowest BCUT2D eigenvalue weighted by Crippen LogP contribution is -2.31. The molecule has 0 radical (unpaired) electrons. The van der Waals surface area contributed by atoms with E-state index in [2.05, 4.69) is 0 Å². The minimum absolute atomic E-state index is 1.89. The lowest BCUT2D eigenvalue weighted by Gasteiger charge is -2.22. The topological polar surface area (TPSA) is 58.9 Å². The van der Waals surface area contributed by atoms with Gasteiger partial charge in [-0.1, -0.05) is 0 Å². The summed E-state index contributed by atoms with van der Waals surface area (Å²) in [5.41, 5.74) is 0. The Hall–Kier alpha value is 0.704. The van der Waals surface area contributed by atoms with Gasteiger partial charge in [0.2, 0.25) is 0 Å². The molecule has 2 N–H and O–H groups in total. The second kappa shape index (κ2) is 4.06. The highest BCUT2D eigenvalue weighted by atomic mass is 31.2. The van der Waals surface area contributed by atoms with E-state index >= 15 is 0 Å². The first-order chi connectivity index (χ1) is 5.41. The molecule has 0 spiro atoms. The van der Waals surface area contributed by atoms with Gasteiger partial charge in [-0.15, -0.1) is 0 Å². The molecule has 0 fully saturated rings. The zero-order valence-electron chi connectivity index (χ0n) is 9.16. The zero-order valence-corrected chi connectivity index (χ0v) is 12.1. The summed E-state index contributed by atoms with van der Waals surface area (Å²) in [6, 6.07) is 0. The average Bonchev–Trinajstić information content (AvgIpc) is 1.43. The second-order valence-corrected chi connectivity index (χ2v) is 15.8. The maximum absolute atomic E-state index is 9.48. The van der Waals surface area contributed by atoms with Gasteiger partial charge in [-0.25, -0.2) is 8.43 Å². The van der Waals surface area contributed by atoms with Crippen LogP contribution >= 0.6 is 8.17 Å². The molecule has 0 aromatic heterocycles. The van der Waals surface area contributed by atoms with Crippen LogP contribution in [0.4, 0.5) is 0 Å². The number of hydrogen-bond donors (Lipinski definition) is 2. The predicted octanol–water partition coefficient (Wildman–Crippen LogP) is 2.35. The van der Waals surface area contributed by atoms with Gasteiger partial charge in [0.15, 0.2) is 0 Å². The smallest absolute Gasteiger partial charge is 0.210 e. The van der Waals surface area contributed by atoms with Crippen molar-refractivity contribution in [1.29, 1.82) is 0 Å². The Labute approximate surface area is 82.8 Å². The normalized spacial score (nSPS) is 14.8. The van der Waals surface area contributed by atoms with E-state index in [-0.39, 0.29) is 0 Å². The zero-order chi connectivity index (χ0) is 10.9. The molecule has 4 nitrogen and oxygen atoms in total. The Morgan fingerprint density at radius 1 is 0.769 bits per heavy atom. The van der Waals surface area contributed by atoms with Gasteiger partial charge in [0, 0.05) is 0 Å². The molecular weight excluding hydrogens is 223 g/mol. The summed E-state index contributed by atoms with van der Waals surface area (Å²) in [6.07, 6.45) is 0. The Morgan fingerprint density at radius 3 is 1.15 bits per heavy atom. The molecule has 0 rings (SSSR count). The number of hydrogen-bond acceptors (Lipinski definition) is 4. The lowest BCUT2D eigenvalue weighted by molar-refractivity contribution is 0.242. The fourth-order valence-electron chi connectivity index (χ4n) is 0.732. The van der Waals surface area contributed by atoms with E-state index in [0.717, 1.165) is 0 Å². The van der Waals surface area contributed by atoms with Crippen LogP contribution in [0.25, 0.3) is 0 Å². The standard InChI is InChI=1S/C6H20O4PSi2/c1-12(2,3)9-11(7,8)10-13(4,5)6/h7-8H,1-6H3/q+1. The first-order valence-electron chi connectivity index (χ1n) is 4.17. The third-order valence-corrected chi connectivity index (χ3v) is 7.07. The first kappa shape index (κ1) is 13.7. The number of rotatable bonds is 4. The molecule has 0 bridgehead atoms. The minimum Gasteiger partial charge on any atom is -0.210 e. The van der Waals surface area contributed by atoms with E-state index in [1.165, 1.54) is 0 Å². The second-order valence-electron chi connectivity index (χ2n) is 4.90. The summed E-state index contributed by atoms with van der Waals surface area (Å²) in [7, 11) is -7.45. The van der Waals surface area contributed by atoms with E-state index in [9.17, 15) is 9.79 Å². The van der Waals surface area contributed by atoms with Crippen molar-refractivity contribution in [3.8, 4) is 0 Å². The van der Waals surface area contributed by atoms with Crippen LogP contribution < -0.4 is 0 Å². The van der Waals surface area contributed by atoms with E-state index in [0.29, 0.717) is 0 Å². The van der Waals surface area contributed by atoms with Gasteiger partial charge in [0.1, 0.15) is 0 Å². The van der Waals surface area contributed by atoms with Gasteiger partial charge in [-0.3, -0.25) is 0 Å². The maximum atomic E-state index is 9.48. The molecule has 0 heterocycles. The summed E-state index contributed by atoms with van der Waals surface area (Å²) in [6.45, 7) is 11.3. The summed E-state index contributed by atoms with van der Waals surface area (Å²) in [4.78, 5) is 19.0. The monoisotopic (exact) mass is 243 g/mol. The third kappa shape index (κ3) is 9.02. The molecule has 0 unspecified atom stereocenters. The van der Waals surface area contributed by atoms with Crippen LogP contribution in [0.5, 0.6) is 0 Å². The molecule has 0 aromatic rings. The van der Waals surface area contributed by atoms with Gasteiger partial charge in [-0.2, -0.15) is 9.79 Å². The highest BCUT2D eigenvalue weighted by Crippen LogP contribution is 2.56. The van der Waals surface area contributed by atoms with Gasteiger partial charge < -0.3 is 0 Å². The van der Waals surface area contributed by atoms with Crippen LogP contribution in [-0.4, -0.2) is 26.4 Å². The molecule has 13 heavy (non-hydrogen) atoms. The van der Waals surface area contributed by atoms with Crippen molar-refractivity contribution >= 4 is 24.8 Å². The quantitative estimate of drug-likeness (QED) is 0.588. The Morgan fingerprint density at radius 2 is 1.00 bits per heavy atom. The molecule has 80 valence electrons. The largest absolute Gasteiger partial charge is 0.546 e. The average molecular weight is 243 g/mol. The van der Waals surface area contributed by atoms with E-state index in [4.69, 9.17) is 8.43 Å². The SMILES string of the molecule is C[Si](C)(C)O[P+](O)(O)O[Si](C)(C)C. The fraction of sp³-hybridized carbons (Fsp3) is 1.00. The first-order valence-corrected chi connectivity index (χ1v) is 12.5. The summed E-state index contributed by atoms with van der Waals surface area (Å²) >= 11 is 0. The van der Waals surface area contributed by atoms with E-state index in [1.54, 1.807) is 0 Å². The van der Waals surface area contributed by atoms with Crippen molar-refractivity contribution in [2.24, 2.45) is 0 Å². The molecule has 0 aromatic carbocycles. The van der Waals surface area contributed by atoms with Crippen molar-refractivity contribution in [2.45, 2.75) is 39.3 Å². The molecular formula is C6H20O4PSi2+. The Balaban J connectivity index is 4.25. The van der Waals surface area contributed by atoms with Crippen LogP contribution in [0.3, 0.4) is 0 Å². The van der Waals surface area contributed by atoms with Crippen molar-refractivity contribution in [1.82, 2.24) is 0 Å². The van der Waals surface area contributed by atoms with Gasteiger partial charge in [0.05, 0.1) is 0 Å². The van der Waals surface area contributed by atoms with Crippen molar-refractivity contribution in [3.05, 3.63) is 0 Å². The third-order valence-electron chi connectivity index (χ3n) is 0.786.